The van der Waals surface area contributed by atoms with Crippen molar-refractivity contribution in [2.24, 2.45) is 0 Å². The lowest BCUT2D eigenvalue weighted by atomic mass is 10.3. The minimum absolute atomic E-state index is 0.166. The molecule has 0 aliphatic rings. The normalized spacial score (nSPS) is 9.92. The van der Waals surface area contributed by atoms with Crippen LogP contribution < -0.4 is 4.74 Å². The molecule has 0 fully saturated rings. The molecular formula is C8H7BrClO2. The number of hydrogen-bond donors (Lipinski definition) is 0. The predicted molar refractivity (Wildman–Crippen MR) is 50.2 cm³/mol. The van der Waals surface area contributed by atoms with Gasteiger partial charge in [0.15, 0.2) is 0 Å². The fourth-order valence-corrected chi connectivity index (χ4v) is 1.26. The second kappa shape index (κ2) is 4.70. The summed E-state index contributed by atoms with van der Waals surface area (Å²) in [6.07, 6.45) is 0. The van der Waals surface area contributed by atoms with Crippen molar-refractivity contribution in [3.63, 3.8) is 0 Å². The second-order valence-corrected chi connectivity index (χ2v) is 3.42. The summed E-state index contributed by atoms with van der Waals surface area (Å²) in [6, 6.07) is 5.19. The highest BCUT2D eigenvalue weighted by Crippen LogP contribution is 2.27. The van der Waals surface area contributed by atoms with Crippen molar-refractivity contribution in [2.45, 2.75) is 0 Å². The Hall–Kier alpha value is -0.250. The fraction of sp³-hybridized carbons (Fsp3) is 0.250. The summed E-state index contributed by atoms with van der Waals surface area (Å²) in [5, 5.41) is 10.7. The van der Waals surface area contributed by atoms with Crippen LogP contribution >= 0.6 is 27.5 Å². The molecule has 65 valence electrons. The summed E-state index contributed by atoms with van der Waals surface area (Å²) < 4.78 is 5.93. The average molecular weight is 250 g/mol. The van der Waals surface area contributed by atoms with E-state index in [1.807, 2.05) is 0 Å². The molecule has 0 heterocycles. The SMILES string of the molecule is [O]CCOc1cc(Cl)ccc1Br. The zero-order valence-electron chi connectivity index (χ0n) is 6.22. The molecule has 0 spiro atoms. The summed E-state index contributed by atoms with van der Waals surface area (Å²) in [4.78, 5) is 0. The molecule has 0 unspecified atom stereocenters. The molecule has 0 amide bonds. The molecule has 1 rings (SSSR count). The molecule has 0 saturated carbocycles. The Morgan fingerprint density at radius 3 is 2.92 bits per heavy atom. The van der Waals surface area contributed by atoms with Gasteiger partial charge >= 0.3 is 0 Å². The largest absolute Gasteiger partial charge is 0.490 e. The number of benzene rings is 1. The highest BCUT2D eigenvalue weighted by molar-refractivity contribution is 9.10. The molecule has 2 nitrogen and oxygen atoms in total. The maximum atomic E-state index is 10.1. The van der Waals surface area contributed by atoms with Crippen LogP contribution in [0.4, 0.5) is 0 Å². The minimum atomic E-state index is -0.251. The Morgan fingerprint density at radius 1 is 1.50 bits per heavy atom. The van der Waals surface area contributed by atoms with E-state index < -0.39 is 0 Å². The summed E-state index contributed by atoms with van der Waals surface area (Å²) in [6.45, 7) is -0.0854. The Bertz CT molecular complexity index is 265. The molecule has 0 aromatic heterocycles. The van der Waals surface area contributed by atoms with Crippen LogP contribution in [-0.4, -0.2) is 13.2 Å². The number of halogens is 2. The standard InChI is InChI=1S/C8H7BrClO2/c9-7-2-1-6(10)5-8(7)12-4-3-11/h1-2,5H,3-4H2. The smallest absolute Gasteiger partial charge is 0.135 e. The number of hydrogen-bond acceptors (Lipinski definition) is 1. The third kappa shape index (κ3) is 2.66. The zero-order chi connectivity index (χ0) is 8.97. The van der Waals surface area contributed by atoms with E-state index in [0.717, 1.165) is 4.47 Å². The van der Waals surface area contributed by atoms with Crippen LogP contribution in [0.25, 0.3) is 0 Å². The van der Waals surface area contributed by atoms with Crippen molar-refractivity contribution in [3.05, 3.63) is 27.7 Å². The minimum Gasteiger partial charge on any atom is -0.490 e. The molecule has 0 aliphatic heterocycles. The lowest BCUT2D eigenvalue weighted by Crippen LogP contribution is -2.00. The van der Waals surface area contributed by atoms with Crippen LogP contribution in [0, 0.1) is 0 Å². The van der Waals surface area contributed by atoms with E-state index in [2.05, 4.69) is 15.9 Å². The molecule has 0 bridgehead atoms. The summed E-state index contributed by atoms with van der Waals surface area (Å²) in [7, 11) is 0. The van der Waals surface area contributed by atoms with E-state index in [0.29, 0.717) is 10.8 Å². The molecular weight excluding hydrogens is 243 g/mol. The third-order valence-corrected chi connectivity index (χ3v) is 2.12. The van der Waals surface area contributed by atoms with E-state index in [-0.39, 0.29) is 13.2 Å². The van der Waals surface area contributed by atoms with Crippen LogP contribution in [0.2, 0.25) is 5.02 Å². The second-order valence-electron chi connectivity index (χ2n) is 2.13. The topological polar surface area (TPSA) is 29.1 Å². The van der Waals surface area contributed by atoms with Gasteiger partial charge in [-0.25, -0.2) is 5.11 Å². The predicted octanol–water partition coefficient (Wildman–Crippen LogP) is 2.91. The van der Waals surface area contributed by atoms with Crippen molar-refractivity contribution < 1.29 is 9.84 Å². The quantitative estimate of drug-likeness (QED) is 0.811. The summed E-state index contributed by atoms with van der Waals surface area (Å²) in [5.74, 6) is 0.610. The fourth-order valence-electron chi connectivity index (χ4n) is 0.739. The Balaban J connectivity index is 2.75. The van der Waals surface area contributed by atoms with Gasteiger partial charge in [0.25, 0.3) is 0 Å². The highest BCUT2D eigenvalue weighted by atomic mass is 79.9. The van der Waals surface area contributed by atoms with Crippen molar-refractivity contribution in [1.29, 1.82) is 0 Å². The van der Waals surface area contributed by atoms with Crippen LogP contribution in [-0.2, 0) is 5.11 Å². The molecule has 0 N–H and O–H groups in total. The first-order valence-corrected chi connectivity index (χ1v) is 4.57. The van der Waals surface area contributed by atoms with Crippen LogP contribution in [0.15, 0.2) is 22.7 Å². The Kier molecular flexibility index (Phi) is 3.85. The van der Waals surface area contributed by atoms with Gasteiger partial charge in [-0.15, -0.1) is 0 Å². The van der Waals surface area contributed by atoms with E-state index in [4.69, 9.17) is 16.3 Å². The highest BCUT2D eigenvalue weighted by Gasteiger charge is 2.00. The van der Waals surface area contributed by atoms with Gasteiger partial charge in [-0.3, -0.25) is 0 Å². The molecule has 4 heteroatoms. The van der Waals surface area contributed by atoms with Crippen molar-refractivity contribution in [3.8, 4) is 5.75 Å². The molecule has 0 atom stereocenters. The number of rotatable bonds is 3. The zero-order valence-corrected chi connectivity index (χ0v) is 8.56. The first kappa shape index (κ1) is 9.84. The Labute approximate surface area is 84.2 Å². The molecule has 0 aliphatic carbocycles. The van der Waals surface area contributed by atoms with Crippen LogP contribution in [0.5, 0.6) is 5.75 Å². The van der Waals surface area contributed by atoms with Gasteiger partial charge in [-0.1, -0.05) is 11.6 Å². The van der Waals surface area contributed by atoms with E-state index in [1.54, 1.807) is 18.2 Å². The molecule has 0 saturated heterocycles. The first-order valence-electron chi connectivity index (χ1n) is 3.40. The first-order chi connectivity index (χ1) is 5.74. The monoisotopic (exact) mass is 249 g/mol. The van der Waals surface area contributed by atoms with Crippen molar-refractivity contribution in [2.75, 3.05) is 13.2 Å². The van der Waals surface area contributed by atoms with Gasteiger partial charge < -0.3 is 4.74 Å². The van der Waals surface area contributed by atoms with E-state index in [1.165, 1.54) is 0 Å². The number of ether oxygens (including phenoxy) is 1. The lowest BCUT2D eigenvalue weighted by molar-refractivity contribution is 0.138. The van der Waals surface area contributed by atoms with E-state index in [9.17, 15) is 5.11 Å². The van der Waals surface area contributed by atoms with Crippen LogP contribution in [0.3, 0.4) is 0 Å². The van der Waals surface area contributed by atoms with Gasteiger partial charge in [-0.05, 0) is 34.1 Å². The van der Waals surface area contributed by atoms with Crippen molar-refractivity contribution >= 4 is 27.5 Å². The molecule has 12 heavy (non-hydrogen) atoms. The lowest BCUT2D eigenvalue weighted by Gasteiger charge is -2.05. The average Bonchev–Trinajstić information content (AvgIpc) is 2.07. The van der Waals surface area contributed by atoms with Crippen LogP contribution in [0.1, 0.15) is 0 Å². The molecule has 1 radical (unpaired) electrons. The van der Waals surface area contributed by atoms with Gasteiger partial charge in [0.2, 0.25) is 0 Å². The maximum Gasteiger partial charge on any atom is 0.135 e. The van der Waals surface area contributed by atoms with Crippen molar-refractivity contribution in [1.82, 2.24) is 0 Å². The summed E-state index contributed by atoms with van der Waals surface area (Å²) >= 11 is 8.99. The van der Waals surface area contributed by atoms with Gasteiger partial charge in [-0.2, -0.15) is 0 Å². The third-order valence-electron chi connectivity index (χ3n) is 1.23. The molecule has 1 aromatic rings. The van der Waals surface area contributed by atoms with Gasteiger partial charge in [0, 0.05) is 5.02 Å². The molecule has 1 aromatic carbocycles. The maximum absolute atomic E-state index is 10.1. The Morgan fingerprint density at radius 2 is 2.25 bits per heavy atom. The van der Waals surface area contributed by atoms with Gasteiger partial charge in [0.1, 0.15) is 19.0 Å². The summed E-state index contributed by atoms with van der Waals surface area (Å²) in [5.41, 5.74) is 0. The van der Waals surface area contributed by atoms with Gasteiger partial charge in [0.05, 0.1) is 4.47 Å². The van der Waals surface area contributed by atoms with E-state index >= 15 is 0 Å².